The Bertz CT molecular complexity index is 563. The van der Waals surface area contributed by atoms with E-state index in [2.05, 4.69) is 47.3 Å². The summed E-state index contributed by atoms with van der Waals surface area (Å²) >= 11 is 1.29. The minimum absolute atomic E-state index is 0.0962. The molecule has 0 unspecified atom stereocenters. The summed E-state index contributed by atoms with van der Waals surface area (Å²) in [6.45, 7) is 6.15. The summed E-state index contributed by atoms with van der Waals surface area (Å²) in [5.74, 6) is 0.900. The maximum absolute atomic E-state index is 12.1. The van der Waals surface area contributed by atoms with Crippen LogP contribution in [-0.2, 0) is 10.2 Å². The topological polar surface area (TPSA) is 94.5 Å². The molecular formula is C15H23N5OS. The minimum atomic E-state index is -0.675. The molecule has 2 rings (SSSR count). The molecule has 1 fully saturated rings. The van der Waals surface area contributed by atoms with Crippen LogP contribution in [0.5, 0.6) is 0 Å². The fourth-order valence-corrected chi connectivity index (χ4v) is 3.10. The Morgan fingerprint density at radius 1 is 1.41 bits per heavy atom. The molecule has 1 heterocycles. The van der Waals surface area contributed by atoms with Crippen molar-refractivity contribution in [1.29, 1.82) is 5.26 Å². The Hall–Kier alpha value is -1.55. The number of carbonyl (C=O) groups excluding carboxylic acids is 1. The van der Waals surface area contributed by atoms with Gasteiger partial charge in [-0.05, 0) is 12.8 Å². The van der Waals surface area contributed by atoms with E-state index in [9.17, 15) is 10.1 Å². The van der Waals surface area contributed by atoms with Gasteiger partial charge in [-0.2, -0.15) is 5.26 Å². The van der Waals surface area contributed by atoms with Crippen molar-refractivity contribution in [2.75, 3.05) is 5.75 Å². The van der Waals surface area contributed by atoms with E-state index in [1.54, 1.807) is 0 Å². The maximum Gasteiger partial charge on any atom is 0.231 e. The number of nitrogens with one attached hydrogen (secondary N) is 2. The zero-order chi connectivity index (χ0) is 16.2. The van der Waals surface area contributed by atoms with Crippen LogP contribution in [0, 0.1) is 11.3 Å². The van der Waals surface area contributed by atoms with Crippen LogP contribution in [0.15, 0.2) is 5.16 Å². The monoisotopic (exact) mass is 321 g/mol. The molecule has 1 aromatic heterocycles. The fraction of sp³-hybridized carbons (Fsp3) is 0.733. The van der Waals surface area contributed by atoms with Crippen LogP contribution in [0.25, 0.3) is 0 Å². The van der Waals surface area contributed by atoms with Gasteiger partial charge < -0.3 is 5.32 Å². The van der Waals surface area contributed by atoms with Gasteiger partial charge in [0, 0.05) is 5.41 Å². The predicted octanol–water partition coefficient (Wildman–Crippen LogP) is 2.54. The molecule has 120 valence electrons. The highest BCUT2D eigenvalue weighted by molar-refractivity contribution is 7.99. The lowest BCUT2D eigenvalue weighted by Crippen LogP contribution is -2.49. The van der Waals surface area contributed by atoms with Crippen molar-refractivity contribution in [2.45, 2.75) is 69.0 Å². The van der Waals surface area contributed by atoms with E-state index < -0.39 is 5.54 Å². The highest BCUT2D eigenvalue weighted by atomic mass is 32.2. The van der Waals surface area contributed by atoms with Crippen LogP contribution in [0.3, 0.4) is 0 Å². The lowest BCUT2D eigenvalue weighted by molar-refractivity contribution is -0.120. The van der Waals surface area contributed by atoms with Gasteiger partial charge in [0.05, 0.1) is 11.8 Å². The number of aromatic amines is 1. The molecule has 0 atom stereocenters. The van der Waals surface area contributed by atoms with E-state index >= 15 is 0 Å². The molecule has 0 spiro atoms. The average molecular weight is 321 g/mol. The highest BCUT2D eigenvalue weighted by Gasteiger charge is 2.33. The van der Waals surface area contributed by atoms with Gasteiger partial charge in [-0.1, -0.05) is 51.8 Å². The molecule has 1 saturated carbocycles. The van der Waals surface area contributed by atoms with Gasteiger partial charge in [0.15, 0.2) is 0 Å². The van der Waals surface area contributed by atoms with Crippen molar-refractivity contribution in [1.82, 2.24) is 20.5 Å². The van der Waals surface area contributed by atoms with E-state index in [0.29, 0.717) is 5.16 Å². The van der Waals surface area contributed by atoms with Crippen molar-refractivity contribution >= 4 is 17.7 Å². The summed E-state index contributed by atoms with van der Waals surface area (Å²) in [6, 6.07) is 2.29. The SMILES string of the molecule is CC(C)(C)c1nc(SCC(=O)NC2(C#N)CCCCC2)n[nH]1. The van der Waals surface area contributed by atoms with Gasteiger partial charge >= 0.3 is 0 Å². The second-order valence-corrected chi connectivity index (χ2v) is 7.75. The third kappa shape index (κ3) is 4.23. The van der Waals surface area contributed by atoms with Crippen LogP contribution >= 0.6 is 11.8 Å². The van der Waals surface area contributed by atoms with Crippen LogP contribution in [0.2, 0.25) is 0 Å². The number of carbonyl (C=O) groups is 1. The first kappa shape index (κ1) is 16.8. The molecule has 0 saturated heterocycles. The summed E-state index contributed by atoms with van der Waals surface area (Å²) in [6.07, 6.45) is 4.62. The molecule has 1 aliphatic carbocycles. The Labute approximate surface area is 135 Å². The standard InChI is InChI=1S/C15H23N5OS/c1-14(2,3)12-17-13(20-19-12)22-9-11(21)18-15(10-16)7-5-4-6-8-15/h4-9H2,1-3H3,(H,18,21)(H,17,19,20). The first-order chi connectivity index (χ1) is 10.3. The minimum Gasteiger partial charge on any atom is -0.337 e. The van der Waals surface area contributed by atoms with Crippen molar-refractivity contribution in [2.24, 2.45) is 0 Å². The van der Waals surface area contributed by atoms with E-state index in [-0.39, 0.29) is 17.1 Å². The number of amides is 1. The summed E-state index contributed by atoms with van der Waals surface area (Å²) in [7, 11) is 0. The molecule has 1 amide bonds. The molecule has 1 aliphatic rings. The number of hydrogen-bond acceptors (Lipinski definition) is 5. The van der Waals surface area contributed by atoms with Crippen molar-refractivity contribution in [3.05, 3.63) is 5.82 Å². The molecule has 1 aromatic rings. The van der Waals surface area contributed by atoms with Crippen LogP contribution in [0.1, 0.15) is 58.7 Å². The van der Waals surface area contributed by atoms with Gasteiger partial charge in [0.25, 0.3) is 0 Å². The fourth-order valence-electron chi connectivity index (χ4n) is 2.50. The van der Waals surface area contributed by atoms with Crippen molar-refractivity contribution in [3.63, 3.8) is 0 Å². The van der Waals surface area contributed by atoms with E-state index in [0.717, 1.165) is 37.9 Å². The van der Waals surface area contributed by atoms with E-state index in [4.69, 9.17) is 0 Å². The molecule has 0 aliphatic heterocycles. The molecule has 0 radical (unpaired) electrons. The number of nitrogens with zero attached hydrogens (tertiary/aromatic N) is 3. The Kier molecular flexibility index (Phi) is 5.12. The van der Waals surface area contributed by atoms with Crippen LogP contribution in [0.4, 0.5) is 0 Å². The largest absolute Gasteiger partial charge is 0.337 e. The molecule has 0 bridgehead atoms. The predicted molar refractivity (Wildman–Crippen MR) is 85.4 cm³/mol. The molecule has 22 heavy (non-hydrogen) atoms. The van der Waals surface area contributed by atoms with Gasteiger partial charge in [-0.3, -0.25) is 9.89 Å². The lowest BCUT2D eigenvalue weighted by atomic mass is 9.83. The number of H-pyrrole nitrogens is 1. The lowest BCUT2D eigenvalue weighted by Gasteiger charge is -2.31. The van der Waals surface area contributed by atoms with E-state index in [1.165, 1.54) is 11.8 Å². The van der Waals surface area contributed by atoms with Crippen molar-refractivity contribution in [3.8, 4) is 6.07 Å². The zero-order valence-corrected chi connectivity index (χ0v) is 14.2. The van der Waals surface area contributed by atoms with Crippen LogP contribution in [-0.4, -0.2) is 32.4 Å². The number of hydrogen-bond donors (Lipinski definition) is 2. The normalized spacial score (nSPS) is 17.7. The van der Waals surface area contributed by atoms with Gasteiger partial charge in [-0.15, -0.1) is 5.10 Å². The molecule has 2 N–H and O–H groups in total. The summed E-state index contributed by atoms with van der Waals surface area (Å²) in [4.78, 5) is 16.5. The third-order valence-corrected chi connectivity index (χ3v) is 4.65. The Balaban J connectivity index is 1.87. The molecule has 6 nitrogen and oxygen atoms in total. The number of nitriles is 1. The molecule has 7 heteroatoms. The van der Waals surface area contributed by atoms with Gasteiger partial charge in [0.1, 0.15) is 11.4 Å². The van der Waals surface area contributed by atoms with Gasteiger partial charge in [0.2, 0.25) is 11.1 Å². The number of rotatable bonds is 4. The summed E-state index contributed by atoms with van der Waals surface area (Å²) in [5.41, 5.74) is -0.771. The Morgan fingerprint density at radius 3 is 2.64 bits per heavy atom. The zero-order valence-electron chi connectivity index (χ0n) is 13.4. The average Bonchev–Trinajstić information content (AvgIpc) is 2.95. The Morgan fingerprint density at radius 2 is 2.09 bits per heavy atom. The van der Waals surface area contributed by atoms with Crippen LogP contribution < -0.4 is 5.32 Å². The molecular weight excluding hydrogens is 298 g/mol. The molecule has 0 aromatic carbocycles. The van der Waals surface area contributed by atoms with E-state index in [1.807, 2.05) is 0 Å². The second kappa shape index (κ2) is 6.69. The smallest absolute Gasteiger partial charge is 0.231 e. The summed E-state index contributed by atoms with van der Waals surface area (Å²) in [5, 5.41) is 19.9. The first-order valence-corrected chi connectivity index (χ1v) is 8.61. The van der Waals surface area contributed by atoms with Crippen molar-refractivity contribution < 1.29 is 4.79 Å². The summed E-state index contributed by atoms with van der Waals surface area (Å²) < 4.78 is 0. The third-order valence-electron chi connectivity index (χ3n) is 3.81. The highest BCUT2D eigenvalue weighted by Crippen LogP contribution is 2.28. The maximum atomic E-state index is 12.1. The first-order valence-electron chi connectivity index (χ1n) is 7.63. The number of thioether (sulfide) groups is 1. The van der Waals surface area contributed by atoms with Gasteiger partial charge in [-0.25, -0.2) is 4.98 Å². The second-order valence-electron chi connectivity index (χ2n) is 6.81. The quantitative estimate of drug-likeness (QED) is 0.831. The number of aromatic nitrogens is 3.